The van der Waals surface area contributed by atoms with Crippen molar-refractivity contribution in [3.63, 3.8) is 0 Å². The van der Waals surface area contributed by atoms with Crippen LogP contribution in [-0.4, -0.2) is 31.1 Å². The Balaban J connectivity index is 1.89. The molecule has 0 amide bonds. The summed E-state index contributed by atoms with van der Waals surface area (Å²) in [6.07, 6.45) is 0.961. The van der Waals surface area contributed by atoms with Gasteiger partial charge in [0.25, 0.3) is 0 Å². The van der Waals surface area contributed by atoms with E-state index >= 15 is 0 Å². The van der Waals surface area contributed by atoms with Crippen LogP contribution < -0.4 is 10.5 Å². The topological polar surface area (TPSA) is 50.8 Å². The highest BCUT2D eigenvalue weighted by molar-refractivity contribution is 5.81. The summed E-state index contributed by atoms with van der Waals surface area (Å²) in [7, 11) is 1.99. The molecule has 1 atom stereocenters. The Labute approximate surface area is 130 Å². The molecule has 0 bridgehead atoms. The normalized spacial score (nSPS) is 23.1. The molecule has 4 nitrogen and oxygen atoms in total. The van der Waals surface area contributed by atoms with Gasteiger partial charge in [0.05, 0.1) is 13.2 Å². The third kappa shape index (κ3) is 1.87. The number of hydrogen-bond acceptors (Lipinski definition) is 4. The molecule has 2 aromatic carbocycles. The van der Waals surface area contributed by atoms with Gasteiger partial charge in [-0.25, -0.2) is 4.99 Å². The van der Waals surface area contributed by atoms with Gasteiger partial charge in [-0.1, -0.05) is 36.4 Å². The van der Waals surface area contributed by atoms with Gasteiger partial charge in [-0.2, -0.15) is 0 Å². The van der Waals surface area contributed by atoms with Crippen LogP contribution in [0.2, 0.25) is 0 Å². The molecule has 2 heterocycles. The second kappa shape index (κ2) is 4.77. The monoisotopic (exact) mass is 293 g/mol. The van der Waals surface area contributed by atoms with E-state index in [4.69, 9.17) is 15.5 Å². The number of aliphatic imine (C=N–C) groups is 1. The SMILES string of the molecule is CN1CC(c2ccccc2)(c2ccc3c(c2)CCO3)N=C1N. The quantitative estimate of drug-likeness (QED) is 0.923. The van der Waals surface area contributed by atoms with Crippen LogP contribution in [0.4, 0.5) is 0 Å². The van der Waals surface area contributed by atoms with Gasteiger partial charge in [0.15, 0.2) is 5.96 Å². The molecule has 0 fully saturated rings. The van der Waals surface area contributed by atoms with Crippen molar-refractivity contribution < 1.29 is 4.74 Å². The van der Waals surface area contributed by atoms with E-state index in [1.54, 1.807) is 0 Å². The minimum atomic E-state index is -0.433. The smallest absolute Gasteiger partial charge is 0.192 e. The molecular weight excluding hydrogens is 274 g/mol. The van der Waals surface area contributed by atoms with Gasteiger partial charge in [0.1, 0.15) is 11.3 Å². The number of ether oxygens (including phenoxy) is 1. The van der Waals surface area contributed by atoms with E-state index in [9.17, 15) is 0 Å². The number of fused-ring (bicyclic) bond motifs is 1. The summed E-state index contributed by atoms with van der Waals surface area (Å²) >= 11 is 0. The number of hydrogen-bond donors (Lipinski definition) is 1. The van der Waals surface area contributed by atoms with Crippen molar-refractivity contribution >= 4 is 5.96 Å². The highest BCUT2D eigenvalue weighted by Gasteiger charge is 2.41. The van der Waals surface area contributed by atoms with Gasteiger partial charge in [-0.3, -0.25) is 0 Å². The Hall–Kier alpha value is -2.49. The average molecular weight is 293 g/mol. The van der Waals surface area contributed by atoms with Gasteiger partial charge in [0, 0.05) is 13.5 Å². The van der Waals surface area contributed by atoms with Crippen LogP contribution in [-0.2, 0) is 12.0 Å². The van der Waals surface area contributed by atoms with Crippen molar-refractivity contribution in [2.75, 3.05) is 20.2 Å². The summed E-state index contributed by atoms with van der Waals surface area (Å²) < 4.78 is 5.63. The standard InChI is InChI=1S/C18H19N3O/c1-21-12-18(20-17(21)19,14-5-3-2-4-6-14)15-7-8-16-13(11-15)9-10-22-16/h2-8,11H,9-10,12H2,1H3,(H2,19,20). The third-order valence-corrected chi connectivity index (χ3v) is 4.58. The number of rotatable bonds is 2. The van der Waals surface area contributed by atoms with E-state index in [2.05, 4.69) is 42.5 Å². The van der Waals surface area contributed by atoms with Crippen molar-refractivity contribution in [1.29, 1.82) is 0 Å². The number of guanidine groups is 1. The lowest BCUT2D eigenvalue weighted by molar-refractivity contribution is 0.356. The number of nitrogens with two attached hydrogens (primary N) is 1. The average Bonchev–Trinajstić information content (AvgIpc) is 3.13. The summed E-state index contributed by atoms with van der Waals surface area (Å²) in [4.78, 5) is 6.86. The van der Waals surface area contributed by atoms with Crippen LogP contribution in [0.3, 0.4) is 0 Å². The molecule has 4 heteroatoms. The van der Waals surface area contributed by atoms with Crippen LogP contribution >= 0.6 is 0 Å². The Bertz CT molecular complexity index is 741. The van der Waals surface area contributed by atoms with Crippen LogP contribution in [0.25, 0.3) is 0 Å². The van der Waals surface area contributed by atoms with Gasteiger partial charge in [0.2, 0.25) is 0 Å². The first kappa shape index (κ1) is 13.2. The predicted molar refractivity (Wildman–Crippen MR) is 87.1 cm³/mol. The summed E-state index contributed by atoms with van der Waals surface area (Å²) in [5, 5.41) is 0. The van der Waals surface area contributed by atoms with Gasteiger partial charge < -0.3 is 15.4 Å². The van der Waals surface area contributed by atoms with Crippen molar-refractivity contribution in [3.8, 4) is 5.75 Å². The molecule has 0 aliphatic carbocycles. The molecule has 2 aromatic rings. The lowest BCUT2D eigenvalue weighted by Gasteiger charge is -2.28. The molecule has 0 saturated carbocycles. The Morgan fingerprint density at radius 1 is 1.14 bits per heavy atom. The zero-order valence-corrected chi connectivity index (χ0v) is 12.6. The molecule has 22 heavy (non-hydrogen) atoms. The first-order valence-corrected chi connectivity index (χ1v) is 7.57. The molecular formula is C18H19N3O. The largest absolute Gasteiger partial charge is 0.493 e. The maximum atomic E-state index is 6.09. The van der Waals surface area contributed by atoms with Crippen molar-refractivity contribution in [1.82, 2.24) is 4.90 Å². The predicted octanol–water partition coefficient (Wildman–Crippen LogP) is 2.13. The van der Waals surface area contributed by atoms with E-state index in [0.717, 1.165) is 25.3 Å². The highest BCUT2D eigenvalue weighted by Crippen LogP contribution is 2.40. The lowest BCUT2D eigenvalue weighted by Crippen LogP contribution is -2.34. The maximum absolute atomic E-state index is 6.09. The fourth-order valence-electron chi connectivity index (χ4n) is 3.38. The van der Waals surface area contributed by atoms with E-state index in [-0.39, 0.29) is 0 Å². The molecule has 4 rings (SSSR count). The van der Waals surface area contributed by atoms with Crippen LogP contribution in [0, 0.1) is 0 Å². The van der Waals surface area contributed by atoms with Crippen LogP contribution in [0.1, 0.15) is 16.7 Å². The summed E-state index contributed by atoms with van der Waals surface area (Å²) in [5.41, 5.74) is 9.26. The Morgan fingerprint density at radius 2 is 1.95 bits per heavy atom. The molecule has 0 saturated heterocycles. The summed E-state index contributed by atoms with van der Waals surface area (Å²) in [6.45, 7) is 1.52. The van der Waals surface area contributed by atoms with Gasteiger partial charge in [-0.15, -0.1) is 0 Å². The fraction of sp³-hybridized carbons (Fsp3) is 0.278. The minimum absolute atomic E-state index is 0.433. The Morgan fingerprint density at radius 3 is 2.68 bits per heavy atom. The maximum Gasteiger partial charge on any atom is 0.192 e. The molecule has 2 aliphatic heterocycles. The zero-order valence-electron chi connectivity index (χ0n) is 12.6. The highest BCUT2D eigenvalue weighted by atomic mass is 16.5. The number of benzene rings is 2. The summed E-state index contributed by atoms with van der Waals surface area (Å²) in [5.74, 6) is 1.58. The zero-order chi connectivity index (χ0) is 15.2. The van der Waals surface area contributed by atoms with E-state index in [1.165, 1.54) is 16.7 Å². The van der Waals surface area contributed by atoms with Gasteiger partial charge >= 0.3 is 0 Å². The summed E-state index contributed by atoms with van der Waals surface area (Å²) in [6, 6.07) is 16.8. The van der Waals surface area contributed by atoms with E-state index in [1.807, 2.05) is 18.0 Å². The van der Waals surface area contributed by atoms with E-state index < -0.39 is 5.54 Å². The molecule has 112 valence electrons. The van der Waals surface area contributed by atoms with E-state index in [0.29, 0.717) is 5.96 Å². The molecule has 0 radical (unpaired) electrons. The fourth-order valence-corrected chi connectivity index (χ4v) is 3.38. The Kier molecular flexibility index (Phi) is 2.86. The van der Waals surface area contributed by atoms with Crippen LogP contribution in [0.5, 0.6) is 5.75 Å². The van der Waals surface area contributed by atoms with Crippen molar-refractivity contribution in [3.05, 3.63) is 65.2 Å². The first-order chi connectivity index (χ1) is 10.7. The first-order valence-electron chi connectivity index (χ1n) is 7.57. The lowest BCUT2D eigenvalue weighted by atomic mass is 9.83. The van der Waals surface area contributed by atoms with Gasteiger partial charge in [-0.05, 0) is 28.8 Å². The van der Waals surface area contributed by atoms with Crippen LogP contribution in [0.15, 0.2) is 53.5 Å². The molecule has 2 aliphatic rings. The minimum Gasteiger partial charge on any atom is -0.493 e. The van der Waals surface area contributed by atoms with Crippen molar-refractivity contribution in [2.24, 2.45) is 10.7 Å². The van der Waals surface area contributed by atoms with Crippen molar-refractivity contribution in [2.45, 2.75) is 12.0 Å². The molecule has 2 N–H and O–H groups in total. The second-order valence-corrected chi connectivity index (χ2v) is 5.97. The number of likely N-dealkylation sites (N-methyl/N-ethyl adjacent to an activating group) is 1. The molecule has 1 unspecified atom stereocenters. The number of nitrogens with zero attached hydrogens (tertiary/aromatic N) is 2. The molecule has 0 spiro atoms. The second-order valence-electron chi connectivity index (χ2n) is 5.97. The molecule has 0 aromatic heterocycles. The third-order valence-electron chi connectivity index (χ3n) is 4.58.